The van der Waals surface area contributed by atoms with E-state index in [1.165, 1.54) is 12.1 Å². The molecule has 4 N–H and O–H groups in total. The summed E-state index contributed by atoms with van der Waals surface area (Å²) in [5.74, 6) is 0. The highest BCUT2D eigenvalue weighted by Gasteiger charge is 2.45. The Morgan fingerprint density at radius 3 is 2.56 bits per heavy atom. The highest BCUT2D eigenvalue weighted by Crippen LogP contribution is 2.36. The van der Waals surface area contributed by atoms with Crippen LogP contribution in [-0.2, 0) is 10.0 Å². The second kappa shape index (κ2) is 4.38. The molecule has 5 nitrogen and oxygen atoms in total. The van der Waals surface area contributed by atoms with Crippen LogP contribution in [0.1, 0.15) is 18.4 Å². The summed E-state index contributed by atoms with van der Waals surface area (Å²) in [6.45, 7) is 1.51. The number of hydrogen-bond acceptors (Lipinski definition) is 4. The molecule has 1 aromatic carbocycles. The lowest BCUT2D eigenvalue weighted by Gasteiger charge is -2.15. The van der Waals surface area contributed by atoms with Crippen molar-refractivity contribution in [2.24, 2.45) is 0 Å². The monoisotopic (exact) mass is 290 g/mol. The third-order valence-electron chi connectivity index (χ3n) is 3.18. The Morgan fingerprint density at radius 1 is 1.50 bits per heavy atom. The number of benzene rings is 1. The number of rotatable bonds is 4. The van der Waals surface area contributed by atoms with Crippen molar-refractivity contribution >= 4 is 27.3 Å². The number of nitrogens with one attached hydrogen (secondary N) is 1. The summed E-state index contributed by atoms with van der Waals surface area (Å²) in [6.07, 6.45) is 1.27. The first-order valence-electron chi connectivity index (χ1n) is 5.50. The Morgan fingerprint density at radius 2 is 2.11 bits per heavy atom. The van der Waals surface area contributed by atoms with E-state index in [0.29, 0.717) is 29.1 Å². The van der Waals surface area contributed by atoms with Gasteiger partial charge in [0.1, 0.15) is 0 Å². The molecule has 1 aromatic rings. The van der Waals surface area contributed by atoms with Gasteiger partial charge in [0.05, 0.1) is 17.0 Å². The molecule has 0 heterocycles. The van der Waals surface area contributed by atoms with Crippen LogP contribution in [0.3, 0.4) is 0 Å². The summed E-state index contributed by atoms with van der Waals surface area (Å²) in [4.78, 5) is 0.0234. The van der Waals surface area contributed by atoms with E-state index in [9.17, 15) is 8.42 Å². The third-order valence-corrected chi connectivity index (χ3v) is 5.13. The summed E-state index contributed by atoms with van der Waals surface area (Å²) in [5.41, 5.74) is 5.98. The van der Waals surface area contributed by atoms with Gasteiger partial charge in [0, 0.05) is 10.7 Å². The third kappa shape index (κ3) is 2.47. The first kappa shape index (κ1) is 13.6. The van der Waals surface area contributed by atoms with Gasteiger partial charge in [0.25, 0.3) is 0 Å². The minimum absolute atomic E-state index is 0.0234. The number of aliphatic hydroxyl groups is 1. The predicted molar refractivity (Wildman–Crippen MR) is 70.0 cm³/mol. The Bertz CT molecular complexity index is 559. The van der Waals surface area contributed by atoms with Crippen LogP contribution < -0.4 is 10.5 Å². The van der Waals surface area contributed by atoms with Crippen molar-refractivity contribution in [1.82, 2.24) is 4.72 Å². The molecule has 1 aliphatic rings. The smallest absolute Gasteiger partial charge is 0.241 e. The van der Waals surface area contributed by atoms with E-state index < -0.39 is 15.6 Å². The van der Waals surface area contributed by atoms with Crippen molar-refractivity contribution in [3.05, 3.63) is 22.7 Å². The zero-order chi connectivity index (χ0) is 13.6. The molecule has 0 atom stereocenters. The molecule has 0 radical (unpaired) electrons. The fourth-order valence-corrected chi connectivity index (χ4v) is 3.42. The van der Waals surface area contributed by atoms with E-state index in [-0.39, 0.29) is 11.5 Å². The molecule has 0 unspecified atom stereocenters. The molecule has 0 spiro atoms. The largest absolute Gasteiger partial charge is 0.398 e. The highest BCUT2D eigenvalue weighted by molar-refractivity contribution is 7.89. The maximum Gasteiger partial charge on any atom is 0.241 e. The zero-order valence-electron chi connectivity index (χ0n) is 9.90. The van der Waals surface area contributed by atoms with Crippen molar-refractivity contribution < 1.29 is 13.5 Å². The minimum Gasteiger partial charge on any atom is -0.398 e. The molecule has 7 heteroatoms. The fourth-order valence-electron chi connectivity index (χ4n) is 1.62. The molecule has 1 aliphatic carbocycles. The van der Waals surface area contributed by atoms with Gasteiger partial charge < -0.3 is 10.8 Å². The first-order chi connectivity index (χ1) is 8.30. The Hall–Kier alpha value is -0.820. The molecular formula is C11H15ClN2O3S. The Balaban J connectivity index is 2.36. The maximum absolute atomic E-state index is 12.1. The summed E-state index contributed by atoms with van der Waals surface area (Å²) in [5, 5.41) is 9.45. The lowest BCUT2D eigenvalue weighted by atomic mass is 10.2. The molecule has 0 aromatic heterocycles. The van der Waals surface area contributed by atoms with Crippen LogP contribution in [0.25, 0.3) is 0 Å². The quantitative estimate of drug-likeness (QED) is 0.722. The zero-order valence-corrected chi connectivity index (χ0v) is 11.5. The van der Waals surface area contributed by atoms with Gasteiger partial charge in [0.15, 0.2) is 0 Å². The number of anilines is 1. The van der Waals surface area contributed by atoms with Crippen LogP contribution >= 0.6 is 11.6 Å². The van der Waals surface area contributed by atoms with Gasteiger partial charge >= 0.3 is 0 Å². The molecule has 1 fully saturated rings. The maximum atomic E-state index is 12.1. The van der Waals surface area contributed by atoms with E-state index in [1.807, 2.05) is 0 Å². The second-order valence-electron chi connectivity index (χ2n) is 4.66. The summed E-state index contributed by atoms with van der Waals surface area (Å²) >= 11 is 5.92. The minimum atomic E-state index is -3.70. The summed E-state index contributed by atoms with van der Waals surface area (Å²) < 4.78 is 26.7. The van der Waals surface area contributed by atoms with Gasteiger partial charge in [-0.3, -0.25) is 0 Å². The van der Waals surface area contributed by atoms with Gasteiger partial charge in [0.2, 0.25) is 10.0 Å². The molecule has 0 saturated heterocycles. The van der Waals surface area contributed by atoms with Crippen LogP contribution in [0.15, 0.2) is 17.0 Å². The Kier molecular flexibility index (Phi) is 3.31. The first-order valence-corrected chi connectivity index (χ1v) is 7.36. The summed E-state index contributed by atoms with van der Waals surface area (Å²) in [7, 11) is -3.70. The van der Waals surface area contributed by atoms with E-state index in [4.69, 9.17) is 22.4 Å². The van der Waals surface area contributed by atoms with Crippen LogP contribution in [-0.4, -0.2) is 25.7 Å². The average molecular weight is 291 g/mol. The lowest BCUT2D eigenvalue weighted by Crippen LogP contribution is -2.39. The normalized spacial score (nSPS) is 17.7. The van der Waals surface area contributed by atoms with Crippen LogP contribution in [0.2, 0.25) is 5.02 Å². The number of aliphatic hydroxyl groups excluding tert-OH is 1. The van der Waals surface area contributed by atoms with E-state index >= 15 is 0 Å². The van der Waals surface area contributed by atoms with Crippen LogP contribution in [0.4, 0.5) is 5.69 Å². The fraction of sp³-hybridized carbons (Fsp3) is 0.455. The summed E-state index contributed by atoms with van der Waals surface area (Å²) in [6, 6.07) is 2.74. The number of sulfonamides is 1. The van der Waals surface area contributed by atoms with Gasteiger partial charge in [-0.1, -0.05) is 11.6 Å². The number of hydrogen-bond donors (Lipinski definition) is 3. The van der Waals surface area contributed by atoms with Crippen LogP contribution in [0.5, 0.6) is 0 Å². The molecular weight excluding hydrogens is 276 g/mol. The van der Waals surface area contributed by atoms with Gasteiger partial charge in [-0.05, 0) is 37.5 Å². The van der Waals surface area contributed by atoms with Crippen molar-refractivity contribution in [3.8, 4) is 0 Å². The van der Waals surface area contributed by atoms with E-state index in [2.05, 4.69) is 4.72 Å². The van der Waals surface area contributed by atoms with E-state index in [1.54, 1.807) is 6.92 Å². The SMILES string of the molecule is Cc1c(N)cc(S(=O)(=O)NC2(CO)CC2)cc1Cl. The van der Waals surface area contributed by atoms with Crippen molar-refractivity contribution in [1.29, 1.82) is 0 Å². The lowest BCUT2D eigenvalue weighted by molar-refractivity contribution is 0.246. The molecule has 0 amide bonds. The van der Waals surface area contributed by atoms with Crippen LogP contribution in [0, 0.1) is 6.92 Å². The number of halogens is 1. The van der Waals surface area contributed by atoms with Gasteiger partial charge in [-0.25, -0.2) is 13.1 Å². The van der Waals surface area contributed by atoms with Crippen molar-refractivity contribution in [2.45, 2.75) is 30.2 Å². The number of nitrogen functional groups attached to an aromatic ring is 1. The van der Waals surface area contributed by atoms with Gasteiger partial charge in [-0.15, -0.1) is 0 Å². The molecule has 2 rings (SSSR count). The standard InChI is InChI=1S/C11H15ClN2O3S/c1-7-9(12)4-8(5-10(7)13)18(16,17)14-11(6-15)2-3-11/h4-5,14-15H,2-3,6,13H2,1H3. The van der Waals surface area contributed by atoms with Gasteiger partial charge in [-0.2, -0.15) is 0 Å². The molecule has 18 heavy (non-hydrogen) atoms. The molecule has 0 bridgehead atoms. The second-order valence-corrected chi connectivity index (χ2v) is 6.75. The topological polar surface area (TPSA) is 92.4 Å². The van der Waals surface area contributed by atoms with Crippen molar-refractivity contribution in [2.75, 3.05) is 12.3 Å². The molecule has 100 valence electrons. The van der Waals surface area contributed by atoms with Crippen molar-refractivity contribution in [3.63, 3.8) is 0 Å². The van der Waals surface area contributed by atoms with E-state index in [0.717, 1.165) is 0 Å². The highest BCUT2D eigenvalue weighted by atomic mass is 35.5. The number of nitrogens with two attached hydrogens (primary N) is 1. The molecule has 0 aliphatic heterocycles. The Labute approximate surface area is 111 Å². The molecule has 1 saturated carbocycles. The average Bonchev–Trinajstić information content (AvgIpc) is 3.05. The predicted octanol–water partition coefficient (Wildman–Crippen LogP) is 1.03.